The summed E-state index contributed by atoms with van der Waals surface area (Å²) in [6, 6.07) is 10.2. The number of aromatic nitrogens is 3. The normalized spacial score (nSPS) is 10.9. The molecule has 0 saturated heterocycles. The molecule has 4 heteroatoms. The molecule has 0 aliphatic carbocycles. The van der Waals surface area contributed by atoms with Crippen LogP contribution < -0.4 is 4.68 Å². The fraction of sp³-hybridized carbons (Fsp3) is 0.467. The molecule has 0 atom stereocenters. The summed E-state index contributed by atoms with van der Waals surface area (Å²) < 4.78 is 4.15. The number of nitrogens with zero attached hydrogens (tertiary/aromatic N) is 3. The molecular weight excluding hydrogens is 254 g/mol. The number of hydrogen-bond acceptors (Lipinski definition) is 2. The minimum Gasteiger partial charge on any atom is -0.205 e. The van der Waals surface area contributed by atoms with Crippen LogP contribution in [0.25, 0.3) is 5.69 Å². The van der Waals surface area contributed by atoms with Gasteiger partial charge in [0.2, 0.25) is 0 Å². The van der Waals surface area contributed by atoms with E-state index in [1.165, 1.54) is 25.7 Å². The van der Waals surface area contributed by atoms with E-state index < -0.39 is 0 Å². The lowest BCUT2D eigenvalue weighted by Crippen LogP contribution is -2.36. The number of rotatable bonds is 6. The van der Waals surface area contributed by atoms with E-state index in [0.29, 0.717) is 0 Å². The van der Waals surface area contributed by atoms with Crippen molar-refractivity contribution in [2.24, 2.45) is 0 Å². The van der Waals surface area contributed by atoms with Crippen LogP contribution in [-0.2, 0) is 6.54 Å². The van der Waals surface area contributed by atoms with Gasteiger partial charge in [0.05, 0.1) is 6.54 Å². The number of hydrogen-bond donors (Lipinski definition) is 1. The first-order valence-electron chi connectivity index (χ1n) is 6.98. The Labute approximate surface area is 120 Å². The van der Waals surface area contributed by atoms with Crippen molar-refractivity contribution in [3.8, 4) is 5.69 Å². The molecule has 0 unspecified atom stereocenters. The second-order valence-electron chi connectivity index (χ2n) is 4.81. The molecule has 0 bridgehead atoms. The molecule has 1 heterocycles. The molecule has 0 amide bonds. The SMILES string of the molecule is CCCCCCn1c(S)n[n+](-c2ccccc2)c1C. The average Bonchev–Trinajstić information content (AvgIpc) is 2.72. The summed E-state index contributed by atoms with van der Waals surface area (Å²) in [7, 11) is 0. The molecule has 102 valence electrons. The van der Waals surface area contributed by atoms with Crippen molar-refractivity contribution in [3.63, 3.8) is 0 Å². The van der Waals surface area contributed by atoms with E-state index >= 15 is 0 Å². The molecule has 3 nitrogen and oxygen atoms in total. The summed E-state index contributed by atoms with van der Waals surface area (Å²) in [5, 5.41) is 5.31. The Bertz CT molecular complexity index is 520. The van der Waals surface area contributed by atoms with Crippen LogP contribution in [0, 0.1) is 6.92 Å². The molecule has 1 aromatic heterocycles. The number of thiol groups is 1. The smallest absolute Gasteiger partial charge is 0.205 e. The molecule has 0 fully saturated rings. The van der Waals surface area contributed by atoms with Gasteiger partial charge in [-0.2, -0.15) is 0 Å². The Hall–Kier alpha value is -1.29. The van der Waals surface area contributed by atoms with Gasteiger partial charge in [-0.15, -0.1) is 0 Å². The number of benzene rings is 1. The van der Waals surface area contributed by atoms with E-state index in [1.54, 1.807) is 0 Å². The largest absolute Gasteiger partial charge is 0.292 e. The Morgan fingerprint density at radius 2 is 1.89 bits per heavy atom. The highest BCUT2D eigenvalue weighted by molar-refractivity contribution is 7.80. The molecule has 0 aliphatic heterocycles. The Balaban J connectivity index is 2.16. The molecule has 0 saturated carbocycles. The van der Waals surface area contributed by atoms with Crippen molar-refractivity contribution >= 4 is 12.6 Å². The first kappa shape index (κ1) is 14.1. The van der Waals surface area contributed by atoms with Crippen LogP contribution in [0.5, 0.6) is 0 Å². The molecule has 2 aromatic rings. The number of para-hydroxylation sites is 1. The first-order valence-corrected chi connectivity index (χ1v) is 7.42. The predicted molar refractivity (Wildman–Crippen MR) is 79.9 cm³/mol. The summed E-state index contributed by atoms with van der Waals surface area (Å²) in [5.74, 6) is 1.13. The number of unbranched alkanes of at least 4 members (excludes halogenated alkanes) is 3. The molecule has 0 spiro atoms. The molecular formula is C15H22N3S+. The zero-order valence-electron chi connectivity index (χ0n) is 11.7. The van der Waals surface area contributed by atoms with Gasteiger partial charge in [0.25, 0.3) is 11.0 Å². The third kappa shape index (κ3) is 3.38. The third-order valence-electron chi connectivity index (χ3n) is 3.36. The Morgan fingerprint density at radius 3 is 2.58 bits per heavy atom. The van der Waals surface area contributed by atoms with E-state index in [-0.39, 0.29) is 0 Å². The van der Waals surface area contributed by atoms with Crippen molar-refractivity contribution in [2.45, 2.75) is 51.2 Å². The minimum absolute atomic E-state index is 0.790. The maximum atomic E-state index is 4.52. The van der Waals surface area contributed by atoms with Gasteiger partial charge in [-0.25, -0.2) is 4.57 Å². The van der Waals surface area contributed by atoms with Gasteiger partial charge in [0, 0.05) is 6.92 Å². The van der Waals surface area contributed by atoms with Gasteiger partial charge in [-0.1, -0.05) is 55.3 Å². The maximum Gasteiger partial charge on any atom is 0.292 e. The highest BCUT2D eigenvalue weighted by atomic mass is 32.1. The highest BCUT2D eigenvalue weighted by Gasteiger charge is 2.20. The van der Waals surface area contributed by atoms with Crippen LogP contribution in [0.4, 0.5) is 0 Å². The monoisotopic (exact) mass is 276 g/mol. The van der Waals surface area contributed by atoms with Crippen molar-refractivity contribution in [1.82, 2.24) is 9.67 Å². The van der Waals surface area contributed by atoms with Gasteiger partial charge in [-0.3, -0.25) is 0 Å². The standard InChI is InChI=1S/C15H21N3S/c1-3-4-5-9-12-17-13(2)18(16-15(17)19)14-10-7-6-8-11-14/h6-8,10-11H,3-5,9,12H2,1-2H3/p+1. The lowest BCUT2D eigenvalue weighted by atomic mass is 10.2. The summed E-state index contributed by atoms with van der Waals surface area (Å²) in [4.78, 5) is 0. The molecule has 0 N–H and O–H groups in total. The van der Waals surface area contributed by atoms with Crippen LogP contribution >= 0.6 is 12.6 Å². The second-order valence-corrected chi connectivity index (χ2v) is 5.21. The lowest BCUT2D eigenvalue weighted by Gasteiger charge is -2.00. The van der Waals surface area contributed by atoms with Crippen molar-refractivity contribution < 1.29 is 4.68 Å². The fourth-order valence-electron chi connectivity index (χ4n) is 2.25. The third-order valence-corrected chi connectivity index (χ3v) is 3.69. The van der Waals surface area contributed by atoms with E-state index in [9.17, 15) is 0 Å². The summed E-state index contributed by atoms with van der Waals surface area (Å²) >= 11 is 4.49. The van der Waals surface area contributed by atoms with Crippen molar-refractivity contribution in [1.29, 1.82) is 0 Å². The van der Waals surface area contributed by atoms with E-state index in [1.807, 2.05) is 22.9 Å². The zero-order chi connectivity index (χ0) is 13.7. The Morgan fingerprint density at radius 1 is 1.16 bits per heavy atom. The molecule has 1 aromatic carbocycles. The van der Waals surface area contributed by atoms with E-state index in [4.69, 9.17) is 0 Å². The van der Waals surface area contributed by atoms with Crippen molar-refractivity contribution in [3.05, 3.63) is 36.2 Å². The van der Waals surface area contributed by atoms with Crippen molar-refractivity contribution in [2.75, 3.05) is 0 Å². The van der Waals surface area contributed by atoms with Gasteiger partial charge in [0.15, 0.2) is 5.69 Å². The summed E-state index contributed by atoms with van der Waals surface area (Å²) in [6.07, 6.45) is 5.02. The topological polar surface area (TPSA) is 21.7 Å². The van der Waals surface area contributed by atoms with Crippen LogP contribution in [0.15, 0.2) is 35.5 Å². The molecule has 19 heavy (non-hydrogen) atoms. The fourth-order valence-corrected chi connectivity index (χ4v) is 2.58. The lowest BCUT2D eigenvalue weighted by molar-refractivity contribution is -0.665. The van der Waals surface area contributed by atoms with E-state index in [0.717, 1.165) is 23.2 Å². The van der Waals surface area contributed by atoms with Gasteiger partial charge < -0.3 is 0 Å². The van der Waals surface area contributed by atoms with Gasteiger partial charge >= 0.3 is 0 Å². The van der Waals surface area contributed by atoms with E-state index in [2.05, 4.69) is 48.3 Å². The Kier molecular flexibility index (Phi) is 5.02. The van der Waals surface area contributed by atoms with Gasteiger partial charge in [-0.05, 0) is 30.1 Å². The van der Waals surface area contributed by atoms with Crippen LogP contribution in [0.3, 0.4) is 0 Å². The average molecular weight is 276 g/mol. The predicted octanol–water partition coefficient (Wildman–Crippen LogP) is 3.34. The minimum atomic E-state index is 0.790. The molecule has 2 rings (SSSR count). The zero-order valence-corrected chi connectivity index (χ0v) is 12.6. The molecule has 0 radical (unpaired) electrons. The van der Waals surface area contributed by atoms with Crippen LogP contribution in [-0.4, -0.2) is 9.67 Å². The van der Waals surface area contributed by atoms with Gasteiger partial charge in [0.1, 0.15) is 0 Å². The highest BCUT2D eigenvalue weighted by Crippen LogP contribution is 2.10. The quantitative estimate of drug-likeness (QED) is 0.488. The summed E-state index contributed by atoms with van der Waals surface area (Å²) in [5.41, 5.74) is 1.09. The molecule has 0 aliphatic rings. The van der Waals surface area contributed by atoms with Crippen LogP contribution in [0.2, 0.25) is 0 Å². The summed E-state index contributed by atoms with van der Waals surface area (Å²) in [6.45, 7) is 5.33. The maximum absolute atomic E-state index is 4.52. The second kappa shape index (κ2) is 6.75. The first-order chi connectivity index (χ1) is 9.24. The van der Waals surface area contributed by atoms with Crippen LogP contribution in [0.1, 0.15) is 38.4 Å².